The third-order valence-electron chi connectivity index (χ3n) is 6.17. The van der Waals surface area contributed by atoms with Crippen LogP contribution in [0.1, 0.15) is 0 Å². The van der Waals surface area contributed by atoms with Crippen LogP contribution in [-0.2, 0) is 38.9 Å². The van der Waals surface area contributed by atoms with Crippen LogP contribution in [-0.4, -0.2) is 94.2 Å². The molecule has 2 aliphatic heterocycles. The molecule has 0 bridgehead atoms. The zero-order chi connectivity index (χ0) is 23.2. The van der Waals surface area contributed by atoms with E-state index in [1.165, 1.54) is 0 Å². The van der Waals surface area contributed by atoms with Crippen LogP contribution < -0.4 is 11.5 Å². The molecule has 4 fully saturated rings. The molecule has 0 unspecified atom stereocenters. The fraction of sp³-hybridized carbons (Fsp3) is 0.714. The summed E-state index contributed by atoms with van der Waals surface area (Å²) in [5.41, 5.74) is 7.02. The molecule has 4 rings (SSSR count). The van der Waals surface area contributed by atoms with Crippen molar-refractivity contribution in [2.75, 3.05) is 11.5 Å². The van der Waals surface area contributed by atoms with Gasteiger partial charge in [0, 0.05) is 11.8 Å². The molecule has 4 aliphatic rings. The van der Waals surface area contributed by atoms with Gasteiger partial charge >= 0.3 is 23.9 Å². The summed E-state index contributed by atoms with van der Waals surface area (Å²) in [5.74, 6) is -11.2. The Balaban J connectivity index is 0.000000171. The first-order chi connectivity index (χ1) is 13.4. The molecule has 8 N–H and O–H groups in total. The molecule has 0 amide bonds. The Morgan fingerprint density at radius 2 is 0.933 bits per heavy atom. The highest BCUT2D eigenvalue weighted by molar-refractivity contribution is 7.93. The van der Waals surface area contributed by atoms with Crippen molar-refractivity contribution in [1.29, 1.82) is 0 Å². The highest BCUT2D eigenvalue weighted by Crippen LogP contribution is 2.57. The predicted molar refractivity (Wildman–Crippen MR) is 93.5 cm³/mol. The Hall–Kier alpha value is -2.30. The molecule has 0 radical (unpaired) electrons. The Kier molecular flexibility index (Phi) is 4.56. The summed E-state index contributed by atoms with van der Waals surface area (Å²) in [7, 11) is -7.37. The molecule has 30 heavy (non-hydrogen) atoms. The topological polar surface area (TPSA) is 270 Å². The first-order valence-corrected chi connectivity index (χ1v) is 11.8. The van der Waals surface area contributed by atoms with E-state index in [1.54, 1.807) is 0 Å². The summed E-state index contributed by atoms with van der Waals surface area (Å²) in [6.45, 7) is 0. The van der Waals surface area contributed by atoms with Gasteiger partial charge in [0.1, 0.15) is 11.1 Å². The van der Waals surface area contributed by atoms with E-state index < -0.39 is 100 Å². The van der Waals surface area contributed by atoms with E-state index in [4.69, 9.17) is 31.9 Å². The number of fused-ring (bicyclic) bond motifs is 2. The molecule has 2 saturated heterocycles. The van der Waals surface area contributed by atoms with Gasteiger partial charge in [-0.3, -0.25) is 19.2 Å². The second kappa shape index (κ2) is 6.12. The van der Waals surface area contributed by atoms with Crippen molar-refractivity contribution >= 4 is 43.6 Å². The minimum absolute atomic E-state index is 0.672. The normalized spacial score (nSPS) is 45.8. The number of hydrogen-bond donors (Lipinski definition) is 6. The lowest BCUT2D eigenvalue weighted by atomic mass is 9.96. The van der Waals surface area contributed by atoms with E-state index in [-0.39, 0.29) is 0 Å². The SMILES string of the molecule is N[C@@]1(C(=O)O)CS(=O)(=O)[C@H]2[C@H](C(=O)O)[C@H]21.N[C@@]1(C(=O)O)CS(=O)(=O)[C@H]2[C@H](C(=O)O)[C@H]21. The van der Waals surface area contributed by atoms with Crippen LogP contribution in [0.2, 0.25) is 0 Å². The highest BCUT2D eigenvalue weighted by Gasteiger charge is 2.78. The monoisotopic (exact) mass is 470 g/mol. The number of carboxylic acids is 4. The van der Waals surface area contributed by atoms with E-state index in [9.17, 15) is 36.0 Å². The molecule has 0 aromatic heterocycles. The van der Waals surface area contributed by atoms with Crippen molar-refractivity contribution in [1.82, 2.24) is 0 Å². The van der Waals surface area contributed by atoms with Gasteiger partial charge in [-0.05, 0) is 0 Å². The summed E-state index contributed by atoms with van der Waals surface area (Å²) < 4.78 is 45.7. The largest absolute Gasteiger partial charge is 0.481 e. The predicted octanol–water partition coefficient (Wildman–Crippen LogP) is -4.21. The standard InChI is InChI=1S/2C7H9NO6S/c2*8-7(6(11)12)1-15(13,14)4-2(3(4)7)5(9)10/h2*2-4H,1,8H2,(H,9,10)(H,11,12)/t2*2-,3-,4+,7+/m11/s1. The average Bonchev–Trinajstić information content (AvgIpc) is 3.42. The molecule has 8 atom stereocenters. The van der Waals surface area contributed by atoms with Crippen LogP contribution in [0.25, 0.3) is 0 Å². The molecular weight excluding hydrogens is 452 g/mol. The second-order valence-corrected chi connectivity index (χ2v) is 12.3. The smallest absolute Gasteiger partial charge is 0.325 e. The first-order valence-electron chi connectivity index (χ1n) is 8.37. The Bertz CT molecular complexity index is 998. The van der Waals surface area contributed by atoms with Crippen LogP contribution in [0.4, 0.5) is 0 Å². The fourth-order valence-corrected chi connectivity index (χ4v) is 10.1. The molecular formula is C14H18N2O12S2. The highest BCUT2D eigenvalue weighted by atomic mass is 32.2. The van der Waals surface area contributed by atoms with E-state index in [0.717, 1.165) is 0 Å². The van der Waals surface area contributed by atoms with Crippen LogP contribution >= 0.6 is 0 Å². The molecule has 0 spiro atoms. The number of nitrogens with two attached hydrogens (primary N) is 2. The Morgan fingerprint density at radius 1 is 0.667 bits per heavy atom. The molecule has 16 heteroatoms. The van der Waals surface area contributed by atoms with E-state index in [2.05, 4.69) is 0 Å². The van der Waals surface area contributed by atoms with Crippen LogP contribution in [0.15, 0.2) is 0 Å². The summed E-state index contributed by atoms with van der Waals surface area (Å²) in [6, 6.07) is 0. The van der Waals surface area contributed by atoms with E-state index in [1.807, 2.05) is 0 Å². The van der Waals surface area contributed by atoms with Crippen molar-refractivity contribution in [3.63, 3.8) is 0 Å². The lowest BCUT2D eigenvalue weighted by molar-refractivity contribution is -0.145. The van der Waals surface area contributed by atoms with Gasteiger partial charge in [-0.25, -0.2) is 16.8 Å². The van der Waals surface area contributed by atoms with Gasteiger partial charge in [-0.1, -0.05) is 0 Å². The maximum atomic E-state index is 11.4. The number of aliphatic carboxylic acids is 4. The van der Waals surface area contributed by atoms with Gasteiger partial charge in [0.15, 0.2) is 19.7 Å². The fourth-order valence-electron chi connectivity index (χ4n) is 4.73. The van der Waals surface area contributed by atoms with Crippen molar-refractivity contribution in [2.45, 2.75) is 21.6 Å². The van der Waals surface area contributed by atoms with E-state index >= 15 is 0 Å². The number of sulfone groups is 2. The van der Waals surface area contributed by atoms with Crippen molar-refractivity contribution in [2.24, 2.45) is 35.1 Å². The van der Waals surface area contributed by atoms with Gasteiger partial charge < -0.3 is 31.9 Å². The van der Waals surface area contributed by atoms with Gasteiger partial charge in [0.25, 0.3) is 0 Å². The first kappa shape index (κ1) is 22.4. The average molecular weight is 470 g/mol. The van der Waals surface area contributed by atoms with Crippen LogP contribution in [0.5, 0.6) is 0 Å². The molecule has 168 valence electrons. The lowest BCUT2D eigenvalue weighted by Crippen LogP contribution is -2.53. The van der Waals surface area contributed by atoms with Crippen molar-refractivity contribution in [3.8, 4) is 0 Å². The number of carbonyl (C=O) groups is 4. The van der Waals surface area contributed by atoms with Crippen LogP contribution in [0, 0.1) is 23.7 Å². The van der Waals surface area contributed by atoms with Gasteiger partial charge in [0.05, 0.1) is 33.8 Å². The summed E-state index contributed by atoms with van der Waals surface area (Å²) in [6.07, 6.45) is 0. The number of hydrogen-bond acceptors (Lipinski definition) is 10. The van der Waals surface area contributed by atoms with E-state index in [0.29, 0.717) is 0 Å². The molecule has 2 saturated carbocycles. The summed E-state index contributed by atoms with van der Waals surface area (Å²) in [5, 5.41) is 32.8. The molecule has 0 aromatic rings. The molecule has 14 nitrogen and oxygen atoms in total. The maximum Gasteiger partial charge on any atom is 0.325 e. The zero-order valence-corrected chi connectivity index (χ0v) is 16.5. The number of carboxylic acid groups (broad SMARTS) is 4. The molecule has 0 aromatic carbocycles. The van der Waals surface area contributed by atoms with Crippen molar-refractivity contribution in [3.05, 3.63) is 0 Å². The third kappa shape index (κ3) is 2.89. The molecule has 2 heterocycles. The summed E-state index contributed by atoms with van der Waals surface area (Å²) in [4.78, 5) is 43.0. The second-order valence-electron chi connectivity index (χ2n) is 8.01. The Morgan fingerprint density at radius 3 is 1.10 bits per heavy atom. The third-order valence-corrected chi connectivity index (χ3v) is 10.8. The van der Waals surface area contributed by atoms with Crippen molar-refractivity contribution < 1.29 is 56.4 Å². The zero-order valence-electron chi connectivity index (χ0n) is 14.9. The molecule has 2 aliphatic carbocycles. The Labute approximate surface area is 168 Å². The minimum Gasteiger partial charge on any atom is -0.481 e. The van der Waals surface area contributed by atoms with Crippen LogP contribution in [0.3, 0.4) is 0 Å². The number of rotatable bonds is 4. The van der Waals surface area contributed by atoms with Gasteiger partial charge in [-0.2, -0.15) is 0 Å². The summed E-state index contributed by atoms with van der Waals surface area (Å²) >= 11 is 0. The maximum absolute atomic E-state index is 11.4. The van der Waals surface area contributed by atoms with Gasteiger partial charge in [0.2, 0.25) is 0 Å². The van der Waals surface area contributed by atoms with Gasteiger partial charge in [-0.15, -0.1) is 0 Å². The quantitative estimate of drug-likeness (QED) is 0.227. The lowest BCUT2D eigenvalue weighted by Gasteiger charge is -2.19. The minimum atomic E-state index is -3.68.